The van der Waals surface area contributed by atoms with Crippen LogP contribution in [-0.2, 0) is 0 Å². The van der Waals surface area contributed by atoms with Gasteiger partial charge in [-0.25, -0.2) is 0 Å². The highest BCUT2D eigenvalue weighted by molar-refractivity contribution is 5.85. The molecule has 0 unspecified atom stereocenters. The van der Waals surface area contributed by atoms with Crippen LogP contribution in [0.5, 0.6) is 0 Å². The minimum Gasteiger partial charge on any atom is -0.327 e. The molecule has 2 rings (SSSR count). The molecular weight excluding hydrogens is 184 g/mol. The SMILES string of the molecule is C[C@@H]1CCC2(CCNCC2)[C@@H]1N.Cl. The van der Waals surface area contributed by atoms with Gasteiger partial charge in [-0.15, -0.1) is 12.4 Å². The molecule has 3 heteroatoms. The molecule has 3 N–H and O–H groups in total. The Balaban J connectivity index is 0.000000845. The molecule has 2 aliphatic rings. The van der Waals surface area contributed by atoms with E-state index in [2.05, 4.69) is 12.2 Å². The van der Waals surface area contributed by atoms with Gasteiger partial charge in [0.25, 0.3) is 0 Å². The van der Waals surface area contributed by atoms with Gasteiger partial charge in [0.05, 0.1) is 0 Å². The quantitative estimate of drug-likeness (QED) is 0.628. The summed E-state index contributed by atoms with van der Waals surface area (Å²) in [5, 5.41) is 3.42. The fourth-order valence-corrected chi connectivity index (χ4v) is 2.97. The summed E-state index contributed by atoms with van der Waals surface area (Å²) in [6, 6.07) is 0.472. The molecule has 0 radical (unpaired) electrons. The van der Waals surface area contributed by atoms with Gasteiger partial charge in [0.15, 0.2) is 0 Å². The van der Waals surface area contributed by atoms with E-state index < -0.39 is 0 Å². The zero-order valence-corrected chi connectivity index (χ0v) is 9.20. The van der Waals surface area contributed by atoms with Crippen LogP contribution in [0.15, 0.2) is 0 Å². The molecular formula is C10H21ClN2. The van der Waals surface area contributed by atoms with Gasteiger partial charge in [-0.2, -0.15) is 0 Å². The standard InChI is InChI=1S/C10H20N2.ClH/c1-8-2-3-10(9(8)11)4-6-12-7-5-10;/h8-9,12H,2-7,11H2,1H3;1H/t8-,9-;/m1./s1. The Bertz CT molecular complexity index is 161. The van der Waals surface area contributed by atoms with Crippen molar-refractivity contribution >= 4 is 12.4 Å². The highest BCUT2D eigenvalue weighted by Gasteiger charge is 2.44. The van der Waals surface area contributed by atoms with Gasteiger partial charge in [0.2, 0.25) is 0 Å². The van der Waals surface area contributed by atoms with Crippen LogP contribution in [0.2, 0.25) is 0 Å². The first-order valence-electron chi connectivity index (χ1n) is 5.21. The van der Waals surface area contributed by atoms with Crippen molar-refractivity contribution in [2.24, 2.45) is 17.1 Å². The van der Waals surface area contributed by atoms with Crippen molar-refractivity contribution in [1.29, 1.82) is 0 Å². The molecule has 1 saturated heterocycles. The van der Waals surface area contributed by atoms with E-state index in [4.69, 9.17) is 5.73 Å². The third kappa shape index (κ3) is 1.85. The molecule has 1 aliphatic carbocycles. The van der Waals surface area contributed by atoms with Crippen molar-refractivity contribution in [3.05, 3.63) is 0 Å². The fourth-order valence-electron chi connectivity index (χ4n) is 2.97. The predicted octanol–water partition coefficient (Wildman–Crippen LogP) is 1.54. The zero-order valence-electron chi connectivity index (χ0n) is 8.38. The van der Waals surface area contributed by atoms with Crippen molar-refractivity contribution in [3.8, 4) is 0 Å². The van der Waals surface area contributed by atoms with Gasteiger partial charge in [0, 0.05) is 6.04 Å². The van der Waals surface area contributed by atoms with E-state index in [0.717, 1.165) is 5.92 Å². The maximum absolute atomic E-state index is 6.26. The van der Waals surface area contributed by atoms with Gasteiger partial charge < -0.3 is 11.1 Å². The van der Waals surface area contributed by atoms with Crippen LogP contribution < -0.4 is 11.1 Å². The molecule has 78 valence electrons. The van der Waals surface area contributed by atoms with E-state index >= 15 is 0 Å². The summed E-state index contributed by atoms with van der Waals surface area (Å²) in [5.41, 5.74) is 6.78. The van der Waals surface area contributed by atoms with E-state index in [0.29, 0.717) is 11.5 Å². The number of hydrogen-bond acceptors (Lipinski definition) is 2. The van der Waals surface area contributed by atoms with Gasteiger partial charge in [0.1, 0.15) is 0 Å². The van der Waals surface area contributed by atoms with E-state index in [-0.39, 0.29) is 12.4 Å². The van der Waals surface area contributed by atoms with Crippen LogP contribution in [0.25, 0.3) is 0 Å². The van der Waals surface area contributed by atoms with E-state index in [1.54, 1.807) is 0 Å². The molecule has 2 nitrogen and oxygen atoms in total. The van der Waals surface area contributed by atoms with Gasteiger partial charge >= 0.3 is 0 Å². The second kappa shape index (κ2) is 4.16. The number of nitrogens with one attached hydrogen (secondary N) is 1. The molecule has 2 atom stereocenters. The normalized spacial score (nSPS) is 37.4. The lowest BCUT2D eigenvalue weighted by Gasteiger charge is -2.38. The lowest BCUT2D eigenvalue weighted by Crippen LogP contribution is -2.46. The topological polar surface area (TPSA) is 38.0 Å². The smallest absolute Gasteiger partial charge is 0.0122 e. The summed E-state index contributed by atoms with van der Waals surface area (Å²) in [4.78, 5) is 0. The Morgan fingerprint density at radius 1 is 1.23 bits per heavy atom. The Morgan fingerprint density at radius 2 is 1.85 bits per heavy atom. The predicted molar refractivity (Wildman–Crippen MR) is 58.2 cm³/mol. The largest absolute Gasteiger partial charge is 0.327 e. The second-order valence-corrected chi connectivity index (χ2v) is 4.65. The highest BCUT2D eigenvalue weighted by Crippen LogP contribution is 2.46. The first-order valence-corrected chi connectivity index (χ1v) is 5.21. The molecule has 1 aliphatic heterocycles. The average Bonchev–Trinajstić information content (AvgIpc) is 2.37. The second-order valence-electron chi connectivity index (χ2n) is 4.65. The highest BCUT2D eigenvalue weighted by atomic mass is 35.5. The summed E-state index contributed by atoms with van der Waals surface area (Å²) in [7, 11) is 0. The average molecular weight is 205 g/mol. The Morgan fingerprint density at radius 3 is 2.31 bits per heavy atom. The van der Waals surface area contributed by atoms with Crippen LogP contribution in [0.4, 0.5) is 0 Å². The molecule has 0 aromatic rings. The van der Waals surface area contributed by atoms with Crippen LogP contribution >= 0.6 is 12.4 Å². The third-order valence-corrected chi connectivity index (χ3v) is 4.02. The van der Waals surface area contributed by atoms with E-state index in [1.807, 2.05) is 0 Å². The maximum atomic E-state index is 6.26. The number of hydrogen-bond donors (Lipinski definition) is 2. The number of nitrogens with two attached hydrogens (primary N) is 1. The maximum Gasteiger partial charge on any atom is 0.0122 e. The van der Waals surface area contributed by atoms with Crippen molar-refractivity contribution in [2.75, 3.05) is 13.1 Å². The number of rotatable bonds is 0. The number of piperidine rings is 1. The van der Waals surface area contributed by atoms with Crippen LogP contribution in [-0.4, -0.2) is 19.1 Å². The minimum atomic E-state index is 0. The van der Waals surface area contributed by atoms with Crippen LogP contribution in [0, 0.1) is 11.3 Å². The Hall–Kier alpha value is 0.210. The summed E-state index contributed by atoms with van der Waals surface area (Å²) in [6.07, 6.45) is 5.33. The van der Waals surface area contributed by atoms with Crippen molar-refractivity contribution in [2.45, 2.75) is 38.6 Å². The molecule has 1 saturated carbocycles. The van der Waals surface area contributed by atoms with E-state index in [9.17, 15) is 0 Å². The van der Waals surface area contributed by atoms with Crippen LogP contribution in [0.3, 0.4) is 0 Å². The molecule has 1 heterocycles. The molecule has 2 fully saturated rings. The first kappa shape index (κ1) is 11.3. The molecule has 1 spiro atoms. The third-order valence-electron chi connectivity index (χ3n) is 4.02. The molecule has 0 amide bonds. The molecule has 13 heavy (non-hydrogen) atoms. The Kier molecular flexibility index (Phi) is 3.61. The molecule has 0 aromatic heterocycles. The molecule has 0 bridgehead atoms. The fraction of sp³-hybridized carbons (Fsp3) is 1.00. The van der Waals surface area contributed by atoms with Gasteiger partial charge in [-0.1, -0.05) is 6.92 Å². The Labute approximate surface area is 87.1 Å². The monoisotopic (exact) mass is 204 g/mol. The minimum absolute atomic E-state index is 0. The van der Waals surface area contributed by atoms with E-state index in [1.165, 1.54) is 38.8 Å². The van der Waals surface area contributed by atoms with Crippen LogP contribution in [0.1, 0.15) is 32.6 Å². The summed E-state index contributed by atoms with van der Waals surface area (Å²) >= 11 is 0. The lowest BCUT2D eigenvalue weighted by atomic mass is 9.74. The zero-order chi connectivity index (χ0) is 8.60. The first-order chi connectivity index (χ1) is 5.75. The van der Waals surface area contributed by atoms with Crippen molar-refractivity contribution in [3.63, 3.8) is 0 Å². The summed E-state index contributed by atoms with van der Waals surface area (Å²) in [6.45, 7) is 4.67. The summed E-state index contributed by atoms with van der Waals surface area (Å²) < 4.78 is 0. The number of halogens is 1. The van der Waals surface area contributed by atoms with Gasteiger partial charge in [-0.05, 0) is 50.1 Å². The summed E-state index contributed by atoms with van der Waals surface area (Å²) in [5.74, 6) is 0.753. The van der Waals surface area contributed by atoms with Crippen molar-refractivity contribution in [1.82, 2.24) is 5.32 Å². The van der Waals surface area contributed by atoms with Gasteiger partial charge in [-0.3, -0.25) is 0 Å². The van der Waals surface area contributed by atoms with Crippen molar-refractivity contribution < 1.29 is 0 Å². The molecule has 0 aromatic carbocycles. The lowest BCUT2D eigenvalue weighted by molar-refractivity contribution is 0.173.